The summed E-state index contributed by atoms with van der Waals surface area (Å²) in [6.45, 7) is -0.417. The fraction of sp³-hybridized carbons (Fsp3) is 0.500. The van der Waals surface area contributed by atoms with Gasteiger partial charge in [0.2, 0.25) is 5.95 Å². The zero-order valence-electron chi connectivity index (χ0n) is 10.1. The lowest BCUT2D eigenvalue weighted by Gasteiger charge is -2.16. The van der Waals surface area contributed by atoms with E-state index in [2.05, 4.69) is 15.0 Å². The van der Waals surface area contributed by atoms with Crippen LogP contribution in [0.25, 0.3) is 11.2 Å². The van der Waals surface area contributed by atoms with Crippen molar-refractivity contribution in [2.75, 3.05) is 12.3 Å². The maximum absolute atomic E-state index is 9.99. The molecule has 10 heteroatoms. The second-order valence-electron chi connectivity index (χ2n) is 4.43. The number of aromatic nitrogens is 4. The molecule has 1 aliphatic heterocycles. The third-order valence-electron chi connectivity index (χ3n) is 3.19. The maximum Gasteiger partial charge on any atom is 0.223 e. The Morgan fingerprint density at radius 1 is 1.35 bits per heavy atom. The topological polar surface area (TPSA) is 140 Å². The predicted octanol–water partition coefficient (Wildman–Crippen LogP) is -1.33. The highest BCUT2D eigenvalue weighted by Crippen LogP contribution is 2.32. The van der Waals surface area contributed by atoms with Gasteiger partial charge in [-0.05, 0) is 0 Å². The van der Waals surface area contributed by atoms with Crippen molar-refractivity contribution in [1.29, 1.82) is 0 Å². The highest BCUT2D eigenvalue weighted by atomic mass is 35.5. The number of anilines is 1. The second kappa shape index (κ2) is 4.79. The molecule has 0 spiro atoms. The first-order chi connectivity index (χ1) is 9.52. The third-order valence-corrected chi connectivity index (χ3v) is 3.45. The van der Waals surface area contributed by atoms with E-state index in [0.29, 0.717) is 5.52 Å². The molecule has 0 bridgehead atoms. The van der Waals surface area contributed by atoms with E-state index in [1.807, 2.05) is 0 Å². The smallest absolute Gasteiger partial charge is 0.223 e. The first kappa shape index (κ1) is 13.5. The number of rotatable bonds is 2. The summed E-state index contributed by atoms with van der Waals surface area (Å²) in [5, 5.41) is 28.9. The Labute approximate surface area is 117 Å². The number of imidazole rings is 1. The standard InChI is InChI=1S/C10H12ClN5O4/c11-7-4-8(15-10(12)14-7)16(2-13-4)9-6(19)5(18)3(1-17)20-9/h2-3,5-6,9,17-19H,1H2,(H2,12,14,15)/t3?,5-,6-,9?/m1/s1. The molecule has 0 aromatic carbocycles. The van der Waals surface area contributed by atoms with Gasteiger partial charge >= 0.3 is 0 Å². The van der Waals surface area contributed by atoms with Crippen molar-refractivity contribution in [2.45, 2.75) is 24.5 Å². The maximum atomic E-state index is 9.99. The van der Waals surface area contributed by atoms with Crippen LogP contribution in [0.2, 0.25) is 5.15 Å². The summed E-state index contributed by atoms with van der Waals surface area (Å²) >= 11 is 5.90. The van der Waals surface area contributed by atoms with Gasteiger partial charge in [0.25, 0.3) is 0 Å². The number of hydrogen-bond donors (Lipinski definition) is 4. The fourth-order valence-electron chi connectivity index (χ4n) is 2.19. The van der Waals surface area contributed by atoms with Gasteiger partial charge in [-0.2, -0.15) is 9.97 Å². The van der Waals surface area contributed by atoms with Gasteiger partial charge in [-0.15, -0.1) is 0 Å². The predicted molar refractivity (Wildman–Crippen MR) is 67.8 cm³/mol. The molecule has 0 aliphatic carbocycles. The average Bonchev–Trinajstić information content (AvgIpc) is 2.93. The van der Waals surface area contributed by atoms with Gasteiger partial charge in [0.15, 0.2) is 17.0 Å². The summed E-state index contributed by atoms with van der Waals surface area (Å²) < 4.78 is 6.79. The molecule has 0 amide bonds. The minimum absolute atomic E-state index is 0.0454. The van der Waals surface area contributed by atoms with Crippen molar-refractivity contribution < 1.29 is 20.1 Å². The molecule has 0 saturated carbocycles. The van der Waals surface area contributed by atoms with Gasteiger partial charge in [0.05, 0.1) is 12.9 Å². The van der Waals surface area contributed by atoms with E-state index in [4.69, 9.17) is 27.2 Å². The summed E-state index contributed by atoms with van der Waals surface area (Å²) in [6, 6.07) is 0. The van der Waals surface area contributed by atoms with Crippen LogP contribution in [-0.2, 0) is 4.74 Å². The van der Waals surface area contributed by atoms with E-state index in [9.17, 15) is 10.2 Å². The van der Waals surface area contributed by atoms with Crippen molar-refractivity contribution in [3.63, 3.8) is 0 Å². The van der Waals surface area contributed by atoms with Crippen molar-refractivity contribution in [3.05, 3.63) is 11.5 Å². The van der Waals surface area contributed by atoms with Crippen LogP contribution in [0.1, 0.15) is 6.23 Å². The third kappa shape index (κ3) is 1.91. The number of nitrogens with two attached hydrogens (primary N) is 1. The summed E-state index contributed by atoms with van der Waals surface area (Å²) in [5.74, 6) is -0.0454. The molecule has 9 nitrogen and oxygen atoms in total. The van der Waals surface area contributed by atoms with Crippen LogP contribution < -0.4 is 5.73 Å². The molecule has 2 unspecified atom stereocenters. The molecule has 2 aromatic heterocycles. The Bertz CT molecular complexity index is 650. The molecule has 0 radical (unpaired) electrons. The summed E-state index contributed by atoms with van der Waals surface area (Å²) in [7, 11) is 0. The van der Waals surface area contributed by atoms with E-state index in [-0.39, 0.29) is 16.7 Å². The lowest BCUT2D eigenvalue weighted by Crippen LogP contribution is -2.33. The Kier molecular flexibility index (Phi) is 3.22. The highest BCUT2D eigenvalue weighted by Gasteiger charge is 2.44. The van der Waals surface area contributed by atoms with Crippen molar-refractivity contribution in [1.82, 2.24) is 19.5 Å². The van der Waals surface area contributed by atoms with Gasteiger partial charge in [0.1, 0.15) is 23.8 Å². The van der Waals surface area contributed by atoms with E-state index < -0.39 is 31.1 Å². The number of ether oxygens (including phenoxy) is 1. The molecule has 1 fully saturated rings. The van der Waals surface area contributed by atoms with Gasteiger partial charge in [-0.1, -0.05) is 11.6 Å². The first-order valence-corrected chi connectivity index (χ1v) is 6.18. The number of hydrogen-bond acceptors (Lipinski definition) is 8. The largest absolute Gasteiger partial charge is 0.394 e. The number of aliphatic hydroxyl groups excluding tert-OH is 3. The van der Waals surface area contributed by atoms with Crippen LogP contribution in [0, 0.1) is 0 Å². The molecule has 3 rings (SSSR count). The van der Waals surface area contributed by atoms with E-state index >= 15 is 0 Å². The molecular formula is C10H12ClN5O4. The molecule has 1 saturated heterocycles. The fourth-order valence-corrected chi connectivity index (χ4v) is 2.41. The Morgan fingerprint density at radius 2 is 2.10 bits per heavy atom. The lowest BCUT2D eigenvalue weighted by molar-refractivity contribution is -0.0511. The molecule has 108 valence electrons. The second-order valence-corrected chi connectivity index (χ2v) is 4.78. The van der Waals surface area contributed by atoms with E-state index in [0.717, 1.165) is 0 Å². The van der Waals surface area contributed by atoms with Crippen LogP contribution >= 0.6 is 11.6 Å². The molecule has 4 atom stereocenters. The van der Waals surface area contributed by atoms with Gasteiger partial charge in [0, 0.05) is 0 Å². The van der Waals surface area contributed by atoms with Crippen molar-refractivity contribution in [2.24, 2.45) is 0 Å². The highest BCUT2D eigenvalue weighted by molar-refractivity contribution is 6.33. The SMILES string of the molecule is Nc1nc(Cl)c2ncn(C3OC(CO)[C@@H](O)[C@H]3O)c2n1. The van der Waals surface area contributed by atoms with Crippen molar-refractivity contribution >= 4 is 28.7 Å². The minimum atomic E-state index is -1.24. The first-order valence-electron chi connectivity index (χ1n) is 5.81. The molecule has 5 N–H and O–H groups in total. The Hall–Kier alpha value is -1.52. The normalized spacial score (nSPS) is 30.2. The van der Waals surface area contributed by atoms with Crippen LogP contribution in [0.3, 0.4) is 0 Å². The average molecular weight is 302 g/mol. The number of aliphatic hydroxyl groups is 3. The summed E-state index contributed by atoms with van der Waals surface area (Å²) in [4.78, 5) is 11.8. The van der Waals surface area contributed by atoms with Gasteiger partial charge < -0.3 is 25.8 Å². The number of nitrogen functional groups attached to an aromatic ring is 1. The van der Waals surface area contributed by atoms with Gasteiger partial charge in [-0.25, -0.2) is 4.98 Å². The molecule has 3 heterocycles. The van der Waals surface area contributed by atoms with Crippen LogP contribution in [0.15, 0.2) is 6.33 Å². The quantitative estimate of drug-likeness (QED) is 0.500. The minimum Gasteiger partial charge on any atom is -0.394 e. The number of halogens is 1. The molecule has 2 aromatic rings. The Balaban J connectivity index is 2.07. The lowest BCUT2D eigenvalue weighted by atomic mass is 10.1. The van der Waals surface area contributed by atoms with Gasteiger partial charge in [-0.3, -0.25) is 4.57 Å². The zero-order valence-corrected chi connectivity index (χ0v) is 10.8. The van der Waals surface area contributed by atoms with Crippen LogP contribution in [0.5, 0.6) is 0 Å². The molecule has 1 aliphatic rings. The van der Waals surface area contributed by atoms with Crippen molar-refractivity contribution in [3.8, 4) is 0 Å². The van der Waals surface area contributed by atoms with Crippen LogP contribution in [-0.4, -0.2) is 59.8 Å². The number of fused-ring (bicyclic) bond motifs is 1. The zero-order chi connectivity index (χ0) is 14.4. The Morgan fingerprint density at radius 3 is 2.75 bits per heavy atom. The molecule has 20 heavy (non-hydrogen) atoms. The van der Waals surface area contributed by atoms with E-state index in [1.165, 1.54) is 10.9 Å². The monoisotopic (exact) mass is 301 g/mol. The van der Waals surface area contributed by atoms with Crippen LogP contribution in [0.4, 0.5) is 5.95 Å². The summed E-state index contributed by atoms with van der Waals surface area (Å²) in [5.41, 5.74) is 6.11. The molecular weight excluding hydrogens is 290 g/mol. The van der Waals surface area contributed by atoms with E-state index in [1.54, 1.807) is 0 Å². The number of nitrogens with zero attached hydrogens (tertiary/aromatic N) is 4. The summed E-state index contributed by atoms with van der Waals surface area (Å²) in [6.07, 6.45) is -2.93.